The number of hydrogen-bond acceptors (Lipinski definition) is 3. The number of benzene rings is 4. The third kappa shape index (κ3) is 2.17. The van der Waals surface area contributed by atoms with Crippen molar-refractivity contribution >= 4 is 69.6 Å². The highest BCUT2D eigenvalue weighted by molar-refractivity contribution is 7.26. The van der Waals surface area contributed by atoms with Gasteiger partial charge < -0.3 is 4.40 Å². The van der Waals surface area contributed by atoms with Crippen LogP contribution in [-0.4, -0.2) is 9.38 Å². The lowest BCUT2D eigenvalue weighted by molar-refractivity contribution is 1.30. The normalized spacial score (nSPS) is 12.1. The molecule has 8 rings (SSSR count). The molecular formula is C30H15N3S. The van der Waals surface area contributed by atoms with Gasteiger partial charge in [0, 0.05) is 42.6 Å². The van der Waals surface area contributed by atoms with Gasteiger partial charge in [0.05, 0.1) is 26.9 Å². The minimum atomic E-state index is 0.449. The number of fused-ring (bicyclic) bond motifs is 9. The van der Waals surface area contributed by atoms with Crippen molar-refractivity contribution in [2.24, 2.45) is 0 Å². The first-order chi connectivity index (χ1) is 16.8. The van der Waals surface area contributed by atoms with Crippen molar-refractivity contribution in [1.82, 2.24) is 9.38 Å². The standard InChI is InChI=1S/C30H15N3S/c31-16-18-15-24-21-9-3-6-12-27(21)34-30(24)28(32-18)17-13-22-19-7-1-4-10-25(19)33-26-11-5-2-8-20(26)23(14-17)29(22)33/h1-15H. The fraction of sp³-hybridized carbons (Fsp3) is 0. The molecule has 0 fully saturated rings. The Balaban J connectivity index is 1.59. The van der Waals surface area contributed by atoms with Crippen LogP contribution < -0.4 is 0 Å². The first-order valence-electron chi connectivity index (χ1n) is 11.2. The average Bonchev–Trinajstić information content (AvgIpc) is 3.54. The fourth-order valence-electron chi connectivity index (χ4n) is 5.56. The Morgan fingerprint density at radius 3 is 1.97 bits per heavy atom. The van der Waals surface area contributed by atoms with E-state index >= 15 is 0 Å². The van der Waals surface area contributed by atoms with Crippen molar-refractivity contribution in [2.75, 3.05) is 0 Å². The third-order valence-corrected chi connectivity index (χ3v) is 8.15. The molecular weight excluding hydrogens is 434 g/mol. The van der Waals surface area contributed by atoms with Crippen LogP contribution in [0.25, 0.3) is 69.5 Å². The molecule has 4 heteroatoms. The van der Waals surface area contributed by atoms with Crippen LogP contribution >= 0.6 is 11.3 Å². The number of para-hydroxylation sites is 2. The summed E-state index contributed by atoms with van der Waals surface area (Å²) >= 11 is 1.75. The van der Waals surface area contributed by atoms with Crippen LogP contribution in [-0.2, 0) is 0 Å². The van der Waals surface area contributed by atoms with Gasteiger partial charge in [0.1, 0.15) is 11.8 Å². The fourth-order valence-corrected chi connectivity index (χ4v) is 6.76. The van der Waals surface area contributed by atoms with Crippen LogP contribution in [0.15, 0.2) is 91.0 Å². The Bertz CT molecular complexity index is 2060. The molecule has 34 heavy (non-hydrogen) atoms. The van der Waals surface area contributed by atoms with Gasteiger partial charge in [-0.3, -0.25) is 0 Å². The summed E-state index contributed by atoms with van der Waals surface area (Å²) in [5.74, 6) is 0. The van der Waals surface area contributed by atoms with E-state index in [1.807, 2.05) is 6.07 Å². The lowest BCUT2D eigenvalue weighted by Crippen LogP contribution is -1.89. The molecule has 0 saturated heterocycles. The van der Waals surface area contributed by atoms with Gasteiger partial charge in [-0.25, -0.2) is 4.98 Å². The summed E-state index contributed by atoms with van der Waals surface area (Å²) in [6.07, 6.45) is 0. The van der Waals surface area contributed by atoms with Gasteiger partial charge in [0.2, 0.25) is 0 Å². The predicted molar refractivity (Wildman–Crippen MR) is 142 cm³/mol. The lowest BCUT2D eigenvalue weighted by Gasteiger charge is -2.06. The van der Waals surface area contributed by atoms with Gasteiger partial charge in [0.25, 0.3) is 0 Å². The highest BCUT2D eigenvalue weighted by atomic mass is 32.1. The molecule has 0 radical (unpaired) electrons. The van der Waals surface area contributed by atoms with Gasteiger partial charge in [-0.05, 0) is 36.4 Å². The zero-order valence-electron chi connectivity index (χ0n) is 17.9. The van der Waals surface area contributed by atoms with Crippen molar-refractivity contribution in [3.05, 3.63) is 96.7 Å². The number of nitriles is 1. The molecule has 0 spiro atoms. The second kappa shape index (κ2) is 6.32. The Morgan fingerprint density at radius 2 is 1.29 bits per heavy atom. The van der Waals surface area contributed by atoms with Crippen LogP contribution in [0.2, 0.25) is 0 Å². The second-order valence-electron chi connectivity index (χ2n) is 8.73. The summed E-state index contributed by atoms with van der Waals surface area (Å²) in [6.45, 7) is 0. The van der Waals surface area contributed by atoms with E-state index in [-0.39, 0.29) is 0 Å². The average molecular weight is 450 g/mol. The maximum Gasteiger partial charge on any atom is 0.141 e. The summed E-state index contributed by atoms with van der Waals surface area (Å²) < 4.78 is 4.72. The lowest BCUT2D eigenvalue weighted by atomic mass is 10.0. The minimum absolute atomic E-state index is 0.449. The maximum atomic E-state index is 9.78. The second-order valence-corrected chi connectivity index (χ2v) is 9.78. The molecule has 156 valence electrons. The van der Waals surface area contributed by atoms with Gasteiger partial charge in [0.15, 0.2) is 0 Å². The molecule has 4 heterocycles. The van der Waals surface area contributed by atoms with Crippen LogP contribution in [0.5, 0.6) is 0 Å². The van der Waals surface area contributed by atoms with E-state index in [0.717, 1.165) is 21.3 Å². The van der Waals surface area contributed by atoms with Gasteiger partial charge in [-0.1, -0.05) is 54.6 Å². The molecule has 0 bridgehead atoms. The molecule has 0 atom stereocenters. The number of hydrogen-bond donors (Lipinski definition) is 0. The van der Waals surface area contributed by atoms with Crippen molar-refractivity contribution in [1.29, 1.82) is 5.26 Å². The molecule has 0 N–H and O–H groups in total. The summed E-state index contributed by atoms with van der Waals surface area (Å²) in [5, 5.41) is 17.0. The highest BCUT2D eigenvalue weighted by Crippen LogP contribution is 2.44. The van der Waals surface area contributed by atoms with E-state index < -0.39 is 0 Å². The zero-order chi connectivity index (χ0) is 22.4. The molecule has 3 nitrogen and oxygen atoms in total. The molecule has 0 aliphatic rings. The van der Waals surface area contributed by atoms with Crippen molar-refractivity contribution < 1.29 is 0 Å². The van der Waals surface area contributed by atoms with E-state index in [0.29, 0.717) is 5.69 Å². The molecule has 0 saturated carbocycles. The SMILES string of the molecule is N#Cc1cc2c(sc3ccccc32)c(-c2cc3c4ccccc4n4c5ccccc5c(c2)c34)n1. The zero-order valence-corrected chi connectivity index (χ0v) is 18.7. The molecule has 8 aromatic rings. The largest absolute Gasteiger partial charge is 0.308 e. The Hall–Kier alpha value is -4.46. The van der Waals surface area contributed by atoms with Crippen molar-refractivity contribution in [3.63, 3.8) is 0 Å². The Labute approximate surface area is 198 Å². The maximum absolute atomic E-state index is 9.78. The first kappa shape index (κ1) is 18.0. The van der Waals surface area contributed by atoms with Crippen molar-refractivity contribution in [2.45, 2.75) is 0 Å². The van der Waals surface area contributed by atoms with Crippen molar-refractivity contribution in [3.8, 4) is 17.3 Å². The van der Waals surface area contributed by atoms with E-state index in [2.05, 4.69) is 95.4 Å². The van der Waals surface area contributed by atoms with Crippen LogP contribution in [0.3, 0.4) is 0 Å². The number of rotatable bonds is 1. The van der Waals surface area contributed by atoms with Crippen LogP contribution in [0.4, 0.5) is 0 Å². The molecule has 0 aliphatic carbocycles. The topological polar surface area (TPSA) is 41.1 Å². The van der Waals surface area contributed by atoms with Gasteiger partial charge in [-0.15, -0.1) is 11.3 Å². The quantitative estimate of drug-likeness (QED) is 0.254. The van der Waals surface area contributed by atoms with E-state index in [1.165, 1.54) is 48.2 Å². The van der Waals surface area contributed by atoms with E-state index in [9.17, 15) is 5.26 Å². The number of nitrogens with zero attached hydrogens (tertiary/aromatic N) is 3. The molecule has 0 unspecified atom stereocenters. The summed E-state index contributed by atoms with van der Waals surface area (Å²) in [6, 6.07) is 34.3. The highest BCUT2D eigenvalue weighted by Gasteiger charge is 2.20. The summed E-state index contributed by atoms with van der Waals surface area (Å²) in [5.41, 5.74) is 6.06. The number of pyridine rings is 1. The molecule has 0 aliphatic heterocycles. The Kier molecular flexibility index (Phi) is 3.35. The molecule has 4 aromatic heterocycles. The smallest absolute Gasteiger partial charge is 0.141 e. The number of thiophene rings is 1. The first-order valence-corrected chi connectivity index (χ1v) is 12.0. The minimum Gasteiger partial charge on any atom is -0.308 e. The molecule has 4 aromatic carbocycles. The van der Waals surface area contributed by atoms with Gasteiger partial charge >= 0.3 is 0 Å². The molecule has 0 amide bonds. The van der Waals surface area contributed by atoms with Crippen LogP contribution in [0.1, 0.15) is 5.69 Å². The third-order valence-electron chi connectivity index (χ3n) is 6.95. The Morgan fingerprint density at radius 1 is 0.676 bits per heavy atom. The predicted octanol–water partition coefficient (Wildman–Crippen LogP) is 8.14. The summed E-state index contributed by atoms with van der Waals surface area (Å²) in [4.78, 5) is 4.85. The van der Waals surface area contributed by atoms with E-state index in [1.54, 1.807) is 11.3 Å². The van der Waals surface area contributed by atoms with Gasteiger partial charge in [-0.2, -0.15) is 5.26 Å². The summed E-state index contributed by atoms with van der Waals surface area (Å²) in [7, 11) is 0. The number of aromatic nitrogens is 2. The monoisotopic (exact) mass is 449 g/mol. The van der Waals surface area contributed by atoms with Crippen LogP contribution in [0, 0.1) is 11.3 Å². The van der Waals surface area contributed by atoms with E-state index in [4.69, 9.17) is 4.98 Å².